The van der Waals surface area contributed by atoms with Gasteiger partial charge in [0.15, 0.2) is 0 Å². The number of unbranched alkanes of at least 4 members (excludes halogenated alkanes) is 55. The van der Waals surface area contributed by atoms with Crippen LogP contribution in [0.15, 0.2) is 12.2 Å². The van der Waals surface area contributed by atoms with Crippen LogP contribution in [0.25, 0.3) is 0 Å². The summed E-state index contributed by atoms with van der Waals surface area (Å²) in [5.41, 5.74) is 0. The van der Waals surface area contributed by atoms with E-state index in [2.05, 4.69) is 31.3 Å². The highest BCUT2D eigenvalue weighted by Crippen LogP contribution is 2.19. The number of aliphatic hydroxyl groups excluding tert-OH is 2. The number of rotatable bonds is 68. The van der Waals surface area contributed by atoms with Crippen LogP contribution >= 0.6 is 0 Å². The molecule has 0 bridgehead atoms. The minimum absolute atomic E-state index is 0.0206. The van der Waals surface area contributed by atoms with Crippen LogP contribution in [0.5, 0.6) is 0 Å². The summed E-state index contributed by atoms with van der Waals surface area (Å²) in [6.07, 6.45) is 84.2. The largest absolute Gasteiger partial charge is 0.466 e. The van der Waals surface area contributed by atoms with E-state index < -0.39 is 12.1 Å². The normalized spacial score (nSPS) is 12.5. The zero-order chi connectivity index (χ0) is 56.4. The number of carbonyl (C=O) groups is 2. The Hall–Kier alpha value is -1.40. The third-order valence-electron chi connectivity index (χ3n) is 17.1. The van der Waals surface area contributed by atoms with E-state index in [1.165, 1.54) is 340 Å². The van der Waals surface area contributed by atoms with Gasteiger partial charge in [0.1, 0.15) is 0 Å². The molecule has 0 aromatic carbocycles. The average molecular weight is 1100 g/mol. The molecule has 0 rings (SSSR count). The van der Waals surface area contributed by atoms with Crippen molar-refractivity contribution in [3.8, 4) is 0 Å². The van der Waals surface area contributed by atoms with E-state index in [9.17, 15) is 19.8 Å². The van der Waals surface area contributed by atoms with Crippen molar-refractivity contribution < 1.29 is 24.5 Å². The molecule has 0 saturated heterocycles. The number of allylic oxidation sites excluding steroid dienone is 2. The first-order valence-electron chi connectivity index (χ1n) is 35.9. The highest BCUT2D eigenvalue weighted by Gasteiger charge is 2.20. The maximum Gasteiger partial charge on any atom is 0.305 e. The Morgan fingerprint density at radius 1 is 0.346 bits per heavy atom. The minimum atomic E-state index is -0.660. The lowest BCUT2D eigenvalue weighted by Crippen LogP contribution is -2.45. The molecular weight excluding hydrogens is 959 g/mol. The number of ether oxygens (including phenoxy) is 1. The van der Waals surface area contributed by atoms with Gasteiger partial charge in [-0.1, -0.05) is 360 Å². The molecule has 0 aromatic heterocycles. The standard InChI is InChI=1S/C72H141NO5/c1-3-5-7-9-11-13-15-17-18-19-32-36-39-42-46-50-54-58-62-66-72(77)78-67-63-59-55-51-47-43-40-37-34-31-29-27-25-23-21-20-22-24-26-28-30-33-35-38-41-45-49-53-57-61-65-71(76)73-69(68-74)70(75)64-60-56-52-48-44-16-14-12-10-8-6-4-2/h17-18,69-70,74-75H,3-16,19-68H2,1-2H3,(H,73,76)/b18-17-. The molecular formula is C72H141NO5. The number of amides is 1. The van der Waals surface area contributed by atoms with Crippen LogP contribution in [0, 0.1) is 0 Å². The lowest BCUT2D eigenvalue weighted by Gasteiger charge is -2.22. The van der Waals surface area contributed by atoms with Crippen molar-refractivity contribution in [1.82, 2.24) is 5.32 Å². The van der Waals surface area contributed by atoms with Crippen LogP contribution in [-0.2, 0) is 14.3 Å². The summed E-state index contributed by atoms with van der Waals surface area (Å²) in [7, 11) is 0. The second-order valence-electron chi connectivity index (χ2n) is 24.9. The van der Waals surface area contributed by atoms with Crippen molar-refractivity contribution in [3.05, 3.63) is 12.2 Å². The van der Waals surface area contributed by atoms with Gasteiger partial charge in [0.05, 0.1) is 25.4 Å². The van der Waals surface area contributed by atoms with Crippen molar-refractivity contribution in [3.63, 3.8) is 0 Å². The monoisotopic (exact) mass is 1100 g/mol. The topological polar surface area (TPSA) is 95.9 Å². The predicted octanol–water partition coefficient (Wildman–Crippen LogP) is 23.1. The van der Waals surface area contributed by atoms with E-state index >= 15 is 0 Å². The van der Waals surface area contributed by atoms with E-state index in [1.54, 1.807) is 0 Å². The molecule has 464 valence electrons. The third-order valence-corrected chi connectivity index (χ3v) is 17.1. The van der Waals surface area contributed by atoms with Gasteiger partial charge in [0, 0.05) is 12.8 Å². The first-order chi connectivity index (χ1) is 38.5. The molecule has 0 aromatic rings. The van der Waals surface area contributed by atoms with Gasteiger partial charge in [-0.05, 0) is 51.4 Å². The summed E-state index contributed by atoms with van der Waals surface area (Å²) >= 11 is 0. The van der Waals surface area contributed by atoms with Gasteiger partial charge in [-0.2, -0.15) is 0 Å². The number of esters is 1. The molecule has 6 nitrogen and oxygen atoms in total. The quantitative estimate of drug-likeness (QED) is 0.0320. The fourth-order valence-electron chi connectivity index (χ4n) is 11.6. The van der Waals surface area contributed by atoms with E-state index in [0.29, 0.717) is 25.9 Å². The smallest absolute Gasteiger partial charge is 0.305 e. The first-order valence-corrected chi connectivity index (χ1v) is 35.9. The third kappa shape index (κ3) is 63.8. The van der Waals surface area contributed by atoms with Crippen LogP contribution in [0.4, 0.5) is 0 Å². The summed E-state index contributed by atoms with van der Waals surface area (Å²) in [4.78, 5) is 24.6. The summed E-state index contributed by atoms with van der Waals surface area (Å²) < 4.78 is 5.51. The fourth-order valence-corrected chi connectivity index (χ4v) is 11.6. The molecule has 0 radical (unpaired) electrons. The van der Waals surface area contributed by atoms with Crippen molar-refractivity contribution >= 4 is 11.9 Å². The van der Waals surface area contributed by atoms with Crippen molar-refractivity contribution in [1.29, 1.82) is 0 Å². The molecule has 6 heteroatoms. The Balaban J connectivity index is 3.29. The van der Waals surface area contributed by atoms with Gasteiger partial charge in [-0.25, -0.2) is 0 Å². The molecule has 0 saturated carbocycles. The Bertz CT molecular complexity index is 1180. The maximum atomic E-state index is 12.5. The highest BCUT2D eigenvalue weighted by atomic mass is 16.5. The number of aliphatic hydroxyl groups is 2. The lowest BCUT2D eigenvalue weighted by molar-refractivity contribution is -0.143. The molecule has 0 aliphatic carbocycles. The first kappa shape index (κ1) is 76.6. The van der Waals surface area contributed by atoms with E-state index in [-0.39, 0.29) is 18.5 Å². The van der Waals surface area contributed by atoms with Gasteiger partial charge < -0.3 is 20.3 Å². The maximum absolute atomic E-state index is 12.5. The van der Waals surface area contributed by atoms with E-state index in [1.807, 2.05) is 0 Å². The van der Waals surface area contributed by atoms with Crippen LogP contribution in [-0.4, -0.2) is 47.4 Å². The fraction of sp³-hybridized carbons (Fsp3) is 0.944. The zero-order valence-corrected chi connectivity index (χ0v) is 53.2. The Morgan fingerprint density at radius 3 is 0.910 bits per heavy atom. The van der Waals surface area contributed by atoms with Gasteiger partial charge in [0.2, 0.25) is 5.91 Å². The number of carbonyl (C=O) groups excluding carboxylic acids is 2. The number of hydrogen-bond donors (Lipinski definition) is 3. The number of nitrogens with one attached hydrogen (secondary N) is 1. The molecule has 0 fully saturated rings. The molecule has 3 N–H and O–H groups in total. The second-order valence-corrected chi connectivity index (χ2v) is 24.9. The van der Waals surface area contributed by atoms with E-state index in [4.69, 9.17) is 4.74 Å². The molecule has 78 heavy (non-hydrogen) atoms. The van der Waals surface area contributed by atoms with Crippen LogP contribution in [0.1, 0.15) is 412 Å². The van der Waals surface area contributed by atoms with Crippen LogP contribution < -0.4 is 5.32 Å². The Labute approximate surface area is 489 Å². The molecule has 0 heterocycles. The van der Waals surface area contributed by atoms with Crippen molar-refractivity contribution in [2.24, 2.45) is 0 Å². The van der Waals surface area contributed by atoms with Crippen molar-refractivity contribution in [2.45, 2.75) is 424 Å². The van der Waals surface area contributed by atoms with Crippen molar-refractivity contribution in [2.75, 3.05) is 13.2 Å². The Kier molecular flexibility index (Phi) is 66.9. The van der Waals surface area contributed by atoms with Gasteiger partial charge in [-0.3, -0.25) is 9.59 Å². The molecule has 2 unspecified atom stereocenters. The summed E-state index contributed by atoms with van der Waals surface area (Å²) in [5.74, 6) is -0.00845. The van der Waals surface area contributed by atoms with Gasteiger partial charge >= 0.3 is 5.97 Å². The molecule has 0 aliphatic rings. The summed E-state index contributed by atoms with van der Waals surface area (Å²) in [6.45, 7) is 4.98. The number of hydrogen-bond acceptors (Lipinski definition) is 5. The second kappa shape index (κ2) is 68.1. The van der Waals surface area contributed by atoms with Crippen LogP contribution in [0.2, 0.25) is 0 Å². The highest BCUT2D eigenvalue weighted by molar-refractivity contribution is 5.76. The lowest BCUT2D eigenvalue weighted by atomic mass is 10.0. The predicted molar refractivity (Wildman–Crippen MR) is 343 cm³/mol. The molecule has 2 atom stereocenters. The molecule has 1 amide bonds. The average Bonchev–Trinajstić information content (AvgIpc) is 3.44. The Morgan fingerprint density at radius 2 is 0.603 bits per heavy atom. The zero-order valence-electron chi connectivity index (χ0n) is 53.2. The summed E-state index contributed by atoms with van der Waals surface area (Å²) in [6, 6.07) is -0.537. The minimum Gasteiger partial charge on any atom is -0.466 e. The van der Waals surface area contributed by atoms with Crippen LogP contribution in [0.3, 0.4) is 0 Å². The van der Waals surface area contributed by atoms with Gasteiger partial charge in [-0.15, -0.1) is 0 Å². The van der Waals surface area contributed by atoms with Gasteiger partial charge in [0.25, 0.3) is 0 Å². The summed E-state index contributed by atoms with van der Waals surface area (Å²) in [5, 5.41) is 23.3. The SMILES string of the molecule is CCCCCCCC/C=C\CCCCCCCCCCCC(=O)OCCCCCCCCCCCCCCCCCCCCCCCCCCCCCCCCC(=O)NC(CO)C(O)CCCCCCCCCCCCCC. The van der Waals surface area contributed by atoms with E-state index in [0.717, 1.165) is 38.5 Å². The molecule has 0 spiro atoms. The molecule has 0 aliphatic heterocycles.